The van der Waals surface area contributed by atoms with Crippen LogP contribution in [0.5, 0.6) is 0 Å². The first-order valence-electron chi connectivity index (χ1n) is 5.50. The van der Waals surface area contributed by atoms with Gasteiger partial charge in [0.2, 0.25) is 5.82 Å². The molecule has 0 aliphatic carbocycles. The van der Waals surface area contributed by atoms with Gasteiger partial charge in [-0.3, -0.25) is 0 Å². The summed E-state index contributed by atoms with van der Waals surface area (Å²) in [7, 11) is 0. The van der Waals surface area contributed by atoms with Crippen molar-refractivity contribution in [3.05, 3.63) is 21.6 Å². The third kappa shape index (κ3) is 1.69. The molecule has 0 amide bonds. The lowest BCUT2D eigenvalue weighted by Crippen LogP contribution is -2.31. The lowest BCUT2D eigenvalue weighted by Gasteiger charge is -2.20. The van der Waals surface area contributed by atoms with Crippen molar-refractivity contribution in [1.29, 1.82) is 0 Å². The van der Waals surface area contributed by atoms with E-state index in [4.69, 9.17) is 5.73 Å². The van der Waals surface area contributed by atoms with E-state index in [-0.39, 0.29) is 17.8 Å². The zero-order valence-electron chi connectivity index (χ0n) is 9.51. The van der Waals surface area contributed by atoms with E-state index in [2.05, 4.69) is 4.98 Å². The molecule has 0 fully saturated rings. The maximum absolute atomic E-state index is 10.9. The van der Waals surface area contributed by atoms with Crippen molar-refractivity contribution in [3.8, 4) is 0 Å². The summed E-state index contributed by atoms with van der Waals surface area (Å²) in [5.41, 5.74) is 6.53. The van der Waals surface area contributed by atoms with E-state index in [9.17, 15) is 10.1 Å². The summed E-state index contributed by atoms with van der Waals surface area (Å²) >= 11 is 0. The summed E-state index contributed by atoms with van der Waals surface area (Å²) in [5.74, 6) is 0.981. The predicted molar refractivity (Wildman–Crippen MR) is 59.3 cm³/mol. The minimum absolute atomic E-state index is 0.0150. The van der Waals surface area contributed by atoms with Crippen molar-refractivity contribution in [2.45, 2.75) is 45.2 Å². The van der Waals surface area contributed by atoms with Crippen LogP contribution in [0.25, 0.3) is 0 Å². The Labute approximate surface area is 93.6 Å². The summed E-state index contributed by atoms with van der Waals surface area (Å²) in [6.45, 7) is 4.73. The van der Waals surface area contributed by atoms with Gasteiger partial charge in [-0.15, -0.1) is 0 Å². The molecule has 1 atom stereocenters. The standard InChI is InChI=1S/C10H16N4O2/c1-6(2)9-12-10(14(15)16)8-5-7(11)3-4-13(8)9/h6-7H,3-5,11H2,1-2H3. The number of nitro groups is 1. The van der Waals surface area contributed by atoms with Gasteiger partial charge in [0, 0.05) is 24.9 Å². The number of hydrogen-bond donors (Lipinski definition) is 1. The summed E-state index contributed by atoms with van der Waals surface area (Å²) in [5, 5.41) is 10.9. The SMILES string of the molecule is CC(C)c1nc([N+](=O)[O-])c2n1CCC(N)C2. The fraction of sp³-hybridized carbons (Fsp3) is 0.700. The Balaban J connectivity index is 2.53. The molecule has 0 saturated heterocycles. The highest BCUT2D eigenvalue weighted by molar-refractivity contribution is 5.33. The van der Waals surface area contributed by atoms with E-state index < -0.39 is 4.92 Å². The van der Waals surface area contributed by atoms with Gasteiger partial charge in [0.15, 0.2) is 0 Å². The number of imidazole rings is 1. The largest absolute Gasteiger partial charge is 0.385 e. The number of fused-ring (bicyclic) bond motifs is 1. The Morgan fingerprint density at radius 3 is 2.88 bits per heavy atom. The average Bonchev–Trinajstić information content (AvgIpc) is 2.56. The molecular formula is C10H16N4O2. The van der Waals surface area contributed by atoms with Crippen LogP contribution in [0.4, 0.5) is 5.82 Å². The molecule has 2 rings (SSSR count). The highest BCUT2D eigenvalue weighted by atomic mass is 16.6. The Kier molecular flexibility index (Phi) is 2.67. The molecule has 6 heteroatoms. The van der Waals surface area contributed by atoms with Gasteiger partial charge in [-0.1, -0.05) is 13.8 Å². The number of rotatable bonds is 2. The molecule has 0 bridgehead atoms. The molecule has 6 nitrogen and oxygen atoms in total. The summed E-state index contributed by atoms with van der Waals surface area (Å²) in [4.78, 5) is 14.6. The first-order valence-corrected chi connectivity index (χ1v) is 5.50. The molecule has 2 heterocycles. The van der Waals surface area contributed by atoms with Gasteiger partial charge in [0.1, 0.15) is 5.69 Å². The summed E-state index contributed by atoms with van der Waals surface area (Å²) < 4.78 is 1.96. The monoisotopic (exact) mass is 224 g/mol. The van der Waals surface area contributed by atoms with Gasteiger partial charge in [0.05, 0.1) is 0 Å². The highest BCUT2D eigenvalue weighted by Crippen LogP contribution is 2.28. The number of nitrogens with zero attached hydrogens (tertiary/aromatic N) is 3. The van der Waals surface area contributed by atoms with E-state index in [1.807, 2.05) is 18.4 Å². The molecular weight excluding hydrogens is 208 g/mol. The molecule has 1 unspecified atom stereocenters. The van der Waals surface area contributed by atoms with E-state index >= 15 is 0 Å². The van der Waals surface area contributed by atoms with Crippen LogP contribution in [0.2, 0.25) is 0 Å². The van der Waals surface area contributed by atoms with Crippen LogP contribution in [0.15, 0.2) is 0 Å². The summed E-state index contributed by atoms with van der Waals surface area (Å²) in [6.07, 6.45) is 1.41. The molecule has 88 valence electrons. The Morgan fingerprint density at radius 1 is 1.62 bits per heavy atom. The molecule has 1 aromatic rings. The zero-order valence-corrected chi connectivity index (χ0v) is 9.51. The van der Waals surface area contributed by atoms with Gasteiger partial charge in [-0.2, -0.15) is 0 Å². The number of hydrogen-bond acceptors (Lipinski definition) is 4. The van der Waals surface area contributed by atoms with Crippen molar-refractivity contribution >= 4 is 5.82 Å². The molecule has 0 spiro atoms. The topological polar surface area (TPSA) is 87.0 Å². The van der Waals surface area contributed by atoms with Gasteiger partial charge >= 0.3 is 5.82 Å². The first kappa shape index (κ1) is 11.1. The van der Waals surface area contributed by atoms with Crippen LogP contribution < -0.4 is 5.73 Å². The van der Waals surface area contributed by atoms with Crippen molar-refractivity contribution in [2.24, 2.45) is 5.73 Å². The maximum atomic E-state index is 10.9. The van der Waals surface area contributed by atoms with Crippen LogP contribution in [-0.4, -0.2) is 20.5 Å². The average molecular weight is 224 g/mol. The third-order valence-electron chi connectivity index (χ3n) is 2.95. The maximum Gasteiger partial charge on any atom is 0.385 e. The lowest BCUT2D eigenvalue weighted by atomic mass is 10.0. The molecule has 0 saturated carbocycles. The number of aromatic nitrogens is 2. The van der Waals surface area contributed by atoms with Gasteiger partial charge in [-0.25, -0.2) is 0 Å². The predicted octanol–water partition coefficient (Wildman–Crippen LogP) is 1.19. The lowest BCUT2D eigenvalue weighted by molar-refractivity contribution is -0.390. The third-order valence-corrected chi connectivity index (χ3v) is 2.95. The van der Waals surface area contributed by atoms with E-state index in [0.717, 1.165) is 18.8 Å². The highest BCUT2D eigenvalue weighted by Gasteiger charge is 2.32. The van der Waals surface area contributed by atoms with E-state index in [1.165, 1.54) is 0 Å². The fourth-order valence-electron chi connectivity index (χ4n) is 2.18. The second-order valence-electron chi connectivity index (χ2n) is 4.56. The molecule has 2 N–H and O–H groups in total. The molecule has 16 heavy (non-hydrogen) atoms. The minimum Gasteiger partial charge on any atom is -0.358 e. The second kappa shape index (κ2) is 3.86. The van der Waals surface area contributed by atoms with E-state index in [1.54, 1.807) is 0 Å². The first-order chi connectivity index (χ1) is 7.50. The Morgan fingerprint density at radius 2 is 2.31 bits per heavy atom. The molecule has 1 aromatic heterocycles. The van der Waals surface area contributed by atoms with Gasteiger partial charge in [-0.05, 0) is 16.3 Å². The molecule has 0 radical (unpaired) electrons. The Bertz CT molecular complexity index is 425. The van der Waals surface area contributed by atoms with Crippen molar-refractivity contribution in [2.75, 3.05) is 0 Å². The van der Waals surface area contributed by atoms with Crippen LogP contribution in [0.3, 0.4) is 0 Å². The van der Waals surface area contributed by atoms with Crippen LogP contribution in [0, 0.1) is 10.1 Å². The molecule has 0 aromatic carbocycles. The fourth-order valence-corrected chi connectivity index (χ4v) is 2.18. The van der Waals surface area contributed by atoms with Crippen LogP contribution >= 0.6 is 0 Å². The smallest absolute Gasteiger partial charge is 0.358 e. The summed E-state index contributed by atoms with van der Waals surface area (Å²) in [6, 6.07) is 0.0166. The van der Waals surface area contributed by atoms with Crippen LogP contribution in [-0.2, 0) is 13.0 Å². The van der Waals surface area contributed by atoms with Gasteiger partial charge in [0.25, 0.3) is 0 Å². The van der Waals surface area contributed by atoms with Crippen molar-refractivity contribution < 1.29 is 4.92 Å². The van der Waals surface area contributed by atoms with Crippen molar-refractivity contribution in [3.63, 3.8) is 0 Å². The molecule has 1 aliphatic rings. The van der Waals surface area contributed by atoms with Gasteiger partial charge < -0.3 is 20.4 Å². The normalized spacial score (nSPS) is 19.9. The number of nitrogens with two attached hydrogens (primary N) is 1. The Hall–Kier alpha value is -1.43. The molecule has 1 aliphatic heterocycles. The van der Waals surface area contributed by atoms with E-state index in [0.29, 0.717) is 12.1 Å². The van der Waals surface area contributed by atoms with Crippen molar-refractivity contribution in [1.82, 2.24) is 9.55 Å². The second-order valence-corrected chi connectivity index (χ2v) is 4.56. The minimum atomic E-state index is -0.407. The van der Waals surface area contributed by atoms with Crippen LogP contribution in [0.1, 0.15) is 37.7 Å². The quantitative estimate of drug-likeness (QED) is 0.603. The zero-order chi connectivity index (χ0) is 11.9.